The Morgan fingerprint density at radius 3 is 2.16 bits per heavy atom. The summed E-state index contributed by atoms with van der Waals surface area (Å²) in [7, 11) is 0. The number of nitrogens with zero attached hydrogens (tertiary/aromatic N) is 1. The molecule has 3 rings (SSSR count). The largest absolute Gasteiger partial charge is 0.508 e. The first kappa shape index (κ1) is 34.7. The Balaban J connectivity index is 2.09. The van der Waals surface area contributed by atoms with Crippen molar-refractivity contribution < 1.29 is 29.3 Å². The van der Waals surface area contributed by atoms with Crippen molar-refractivity contribution in [3.63, 3.8) is 0 Å². The Hall–Kier alpha value is -3.75. The summed E-state index contributed by atoms with van der Waals surface area (Å²) in [4.78, 5) is 43.6. The van der Waals surface area contributed by atoms with Crippen LogP contribution in [0.5, 0.6) is 11.5 Å². The molecule has 0 bridgehead atoms. The lowest BCUT2D eigenvalue weighted by Gasteiger charge is -2.39. The highest BCUT2D eigenvalue weighted by Gasteiger charge is 2.40. The van der Waals surface area contributed by atoms with Crippen LogP contribution in [0.15, 0.2) is 48.5 Å². The van der Waals surface area contributed by atoms with E-state index >= 15 is 0 Å². The first-order chi connectivity index (χ1) is 20.7. The van der Waals surface area contributed by atoms with Gasteiger partial charge in [-0.05, 0) is 83.1 Å². The predicted octanol–water partition coefficient (Wildman–Crippen LogP) is 6.38. The van der Waals surface area contributed by atoms with Crippen LogP contribution in [0.3, 0.4) is 0 Å². The molecule has 1 aliphatic carbocycles. The molecule has 44 heavy (non-hydrogen) atoms. The van der Waals surface area contributed by atoms with Gasteiger partial charge in [0.2, 0.25) is 11.8 Å². The van der Waals surface area contributed by atoms with E-state index in [0.29, 0.717) is 23.5 Å². The summed E-state index contributed by atoms with van der Waals surface area (Å²) < 4.78 is 5.53. The fraction of sp³-hybridized carbons (Fsp3) is 0.571. The van der Waals surface area contributed by atoms with Crippen LogP contribution >= 0.6 is 0 Å². The summed E-state index contributed by atoms with van der Waals surface area (Å²) in [5.41, 5.74) is 0.238. The predicted molar refractivity (Wildman–Crippen MR) is 171 cm³/mol. The average molecular weight is 610 g/mol. The van der Waals surface area contributed by atoms with Gasteiger partial charge in [0, 0.05) is 24.1 Å². The molecule has 3 amide bonds. The molecule has 9 nitrogen and oxygen atoms in total. The number of phenols is 2. The second kappa shape index (κ2) is 15.8. The lowest BCUT2D eigenvalue weighted by atomic mass is 9.93. The zero-order chi connectivity index (χ0) is 32.4. The van der Waals surface area contributed by atoms with E-state index in [2.05, 4.69) is 24.5 Å². The number of aromatic hydroxyl groups is 2. The van der Waals surface area contributed by atoms with Gasteiger partial charge in [0.25, 0.3) is 0 Å². The zero-order valence-corrected chi connectivity index (χ0v) is 27.1. The number of carbonyl (C=O) groups excluding carboxylic acids is 3. The number of rotatable bonds is 12. The highest BCUT2D eigenvalue weighted by Crippen LogP contribution is 2.33. The number of hydrogen-bond donors (Lipinski definition) is 4. The second-order valence-electron chi connectivity index (χ2n) is 13.4. The molecule has 1 saturated carbocycles. The molecule has 0 spiro atoms. The van der Waals surface area contributed by atoms with Gasteiger partial charge in [0.15, 0.2) is 0 Å². The summed E-state index contributed by atoms with van der Waals surface area (Å²) in [5.74, 6) is -0.460. The van der Waals surface area contributed by atoms with Crippen LogP contribution in [0, 0.1) is 5.92 Å². The minimum absolute atomic E-state index is 0.0137. The molecule has 2 aromatic carbocycles. The Bertz CT molecular complexity index is 1230. The SMILES string of the molecule is CC(C)CCC(C)N(C(=O)C(Cc1ccc(O)cc1)NC(=O)OC(C)(C)C)C(C(=O)NC1CCCCC1)c1ccccc1O. The van der Waals surface area contributed by atoms with Crippen LogP contribution < -0.4 is 10.6 Å². The monoisotopic (exact) mass is 609 g/mol. The minimum atomic E-state index is -1.13. The average Bonchev–Trinajstić information content (AvgIpc) is 2.95. The third kappa shape index (κ3) is 10.5. The number of amides is 3. The van der Waals surface area contributed by atoms with Crippen molar-refractivity contribution in [1.82, 2.24) is 15.5 Å². The molecule has 2 aromatic rings. The standard InChI is InChI=1S/C35H51N3O6/c1-23(2)16-17-24(3)38(31(28-14-10-11-15-30(28)40)32(41)36-26-12-8-7-9-13-26)33(42)29(37-34(43)44-35(4,5)6)22-25-18-20-27(39)21-19-25/h10-11,14-15,18-21,23-24,26,29,31,39-40H,7-9,12-13,16-17,22H2,1-6H3,(H,36,41)(H,37,43). The van der Waals surface area contributed by atoms with Crippen LogP contribution in [0.1, 0.15) is 104 Å². The number of nitrogens with one attached hydrogen (secondary N) is 2. The maximum atomic E-state index is 14.8. The highest BCUT2D eigenvalue weighted by atomic mass is 16.6. The Labute approximate surface area is 262 Å². The van der Waals surface area contributed by atoms with Gasteiger partial charge in [-0.15, -0.1) is 0 Å². The maximum Gasteiger partial charge on any atom is 0.408 e. The molecular formula is C35H51N3O6. The van der Waals surface area contributed by atoms with Crippen molar-refractivity contribution in [2.24, 2.45) is 5.92 Å². The van der Waals surface area contributed by atoms with Gasteiger partial charge in [-0.3, -0.25) is 9.59 Å². The van der Waals surface area contributed by atoms with E-state index in [4.69, 9.17) is 4.74 Å². The Morgan fingerprint density at radius 1 is 0.932 bits per heavy atom. The highest BCUT2D eigenvalue weighted by molar-refractivity contribution is 5.93. The summed E-state index contributed by atoms with van der Waals surface area (Å²) in [6.45, 7) is 11.3. The summed E-state index contributed by atoms with van der Waals surface area (Å²) in [6.07, 6.45) is 5.66. The molecule has 0 aromatic heterocycles. The number of hydrogen-bond acceptors (Lipinski definition) is 6. The van der Waals surface area contributed by atoms with E-state index in [-0.39, 0.29) is 29.9 Å². The first-order valence-electron chi connectivity index (χ1n) is 15.9. The van der Waals surface area contributed by atoms with Gasteiger partial charge in [0.05, 0.1) is 0 Å². The lowest BCUT2D eigenvalue weighted by Crippen LogP contribution is -2.57. The van der Waals surface area contributed by atoms with Gasteiger partial charge in [0.1, 0.15) is 29.2 Å². The van der Waals surface area contributed by atoms with Crippen LogP contribution in [0.2, 0.25) is 0 Å². The zero-order valence-electron chi connectivity index (χ0n) is 27.1. The maximum absolute atomic E-state index is 14.8. The van der Waals surface area contributed by atoms with Crippen molar-refractivity contribution in [1.29, 1.82) is 0 Å². The molecule has 0 radical (unpaired) electrons. The number of ether oxygens (including phenoxy) is 1. The quantitative estimate of drug-likeness (QED) is 0.221. The molecule has 4 N–H and O–H groups in total. The molecule has 1 aliphatic rings. The Morgan fingerprint density at radius 2 is 1.57 bits per heavy atom. The van der Waals surface area contributed by atoms with Crippen LogP contribution in [-0.4, -0.2) is 56.7 Å². The number of benzene rings is 2. The van der Waals surface area contributed by atoms with E-state index in [0.717, 1.165) is 38.5 Å². The van der Waals surface area contributed by atoms with Gasteiger partial charge < -0.3 is 30.5 Å². The van der Waals surface area contributed by atoms with Crippen LogP contribution in [0.25, 0.3) is 0 Å². The third-order valence-electron chi connectivity index (χ3n) is 7.97. The molecule has 1 fully saturated rings. The number of alkyl carbamates (subject to hydrolysis) is 1. The Kier molecular flexibility index (Phi) is 12.5. The van der Waals surface area contributed by atoms with Gasteiger partial charge in [-0.2, -0.15) is 0 Å². The second-order valence-corrected chi connectivity index (χ2v) is 13.4. The topological polar surface area (TPSA) is 128 Å². The lowest BCUT2D eigenvalue weighted by molar-refractivity contribution is -0.145. The van der Waals surface area contributed by atoms with E-state index in [9.17, 15) is 24.6 Å². The van der Waals surface area contributed by atoms with E-state index in [1.165, 1.54) is 23.1 Å². The van der Waals surface area contributed by atoms with Crippen molar-refractivity contribution in [2.45, 2.75) is 123 Å². The fourth-order valence-electron chi connectivity index (χ4n) is 5.67. The summed E-state index contributed by atoms with van der Waals surface area (Å²) >= 11 is 0. The fourth-order valence-corrected chi connectivity index (χ4v) is 5.67. The summed E-state index contributed by atoms with van der Waals surface area (Å²) in [6, 6.07) is 10.4. The minimum Gasteiger partial charge on any atom is -0.508 e. The number of carbonyl (C=O) groups is 3. The molecule has 242 valence electrons. The molecule has 0 heterocycles. The van der Waals surface area contributed by atoms with Crippen molar-refractivity contribution >= 4 is 17.9 Å². The van der Waals surface area contributed by atoms with Crippen LogP contribution in [-0.2, 0) is 20.7 Å². The molecule has 9 heteroatoms. The first-order valence-corrected chi connectivity index (χ1v) is 15.9. The van der Waals surface area contributed by atoms with Crippen molar-refractivity contribution in [2.75, 3.05) is 0 Å². The van der Waals surface area contributed by atoms with Crippen molar-refractivity contribution in [3.8, 4) is 11.5 Å². The van der Waals surface area contributed by atoms with Gasteiger partial charge >= 0.3 is 6.09 Å². The van der Waals surface area contributed by atoms with Gasteiger partial charge in [-0.25, -0.2) is 4.79 Å². The van der Waals surface area contributed by atoms with Crippen molar-refractivity contribution in [3.05, 3.63) is 59.7 Å². The number of phenolic OH excluding ortho intramolecular Hbond substituents is 2. The molecule has 3 atom stereocenters. The third-order valence-corrected chi connectivity index (χ3v) is 7.97. The van der Waals surface area contributed by atoms with Gasteiger partial charge in [-0.1, -0.05) is 63.4 Å². The van der Waals surface area contributed by atoms with Crippen LogP contribution in [0.4, 0.5) is 4.79 Å². The molecule has 0 aliphatic heterocycles. The van der Waals surface area contributed by atoms with E-state index in [1.54, 1.807) is 51.1 Å². The molecular weight excluding hydrogens is 558 g/mol. The molecule has 0 saturated heterocycles. The molecule has 3 unspecified atom stereocenters. The van der Waals surface area contributed by atoms with E-state index < -0.39 is 35.7 Å². The smallest absolute Gasteiger partial charge is 0.408 e. The summed E-state index contributed by atoms with van der Waals surface area (Å²) in [5, 5.41) is 26.8. The normalized spacial score (nSPS) is 16.1. The number of para-hydroxylation sites is 1. The van der Waals surface area contributed by atoms with E-state index in [1.807, 2.05) is 6.92 Å².